The third-order valence-corrected chi connectivity index (χ3v) is 4.16. The standard InChI is InChI=1S/C24H19N3O2/c28-24(18-6-4-7-20(16-18)26-19-12-14-25-15-13-19)27-21-8-5-11-23(17-21)29-22-9-2-1-3-10-22/h1-17H,(H,25,26)(H,27,28). The molecule has 5 nitrogen and oxygen atoms in total. The van der Waals surface area contributed by atoms with E-state index in [4.69, 9.17) is 4.74 Å². The monoisotopic (exact) mass is 381 g/mol. The molecular formula is C24H19N3O2. The van der Waals surface area contributed by atoms with Crippen LogP contribution in [0.2, 0.25) is 0 Å². The van der Waals surface area contributed by atoms with Crippen molar-refractivity contribution in [3.8, 4) is 11.5 Å². The van der Waals surface area contributed by atoms with Gasteiger partial charge in [0, 0.05) is 41.1 Å². The summed E-state index contributed by atoms with van der Waals surface area (Å²) in [6.07, 6.45) is 3.42. The largest absolute Gasteiger partial charge is 0.457 e. The number of nitrogens with one attached hydrogen (secondary N) is 2. The first-order valence-electron chi connectivity index (χ1n) is 9.18. The number of nitrogens with zero attached hydrogens (tertiary/aromatic N) is 1. The van der Waals surface area contributed by atoms with Crippen LogP contribution in [-0.4, -0.2) is 10.9 Å². The number of benzene rings is 3. The Morgan fingerprint density at radius 2 is 1.41 bits per heavy atom. The number of para-hydroxylation sites is 1. The maximum Gasteiger partial charge on any atom is 0.255 e. The van der Waals surface area contributed by atoms with Crippen molar-refractivity contribution in [2.45, 2.75) is 0 Å². The molecule has 0 aliphatic heterocycles. The van der Waals surface area contributed by atoms with E-state index in [0.717, 1.165) is 17.1 Å². The Balaban J connectivity index is 1.45. The number of anilines is 3. The summed E-state index contributed by atoms with van der Waals surface area (Å²) in [5.41, 5.74) is 2.95. The summed E-state index contributed by atoms with van der Waals surface area (Å²) in [4.78, 5) is 16.7. The highest BCUT2D eigenvalue weighted by atomic mass is 16.5. The zero-order valence-corrected chi connectivity index (χ0v) is 15.6. The van der Waals surface area contributed by atoms with Crippen LogP contribution in [0.25, 0.3) is 0 Å². The molecule has 1 amide bonds. The first kappa shape index (κ1) is 18.3. The average molecular weight is 381 g/mol. The molecule has 0 bridgehead atoms. The molecule has 0 saturated carbocycles. The molecule has 0 spiro atoms. The SMILES string of the molecule is O=C(Nc1cccc(Oc2ccccc2)c1)c1cccc(Nc2ccncc2)c1. The summed E-state index contributed by atoms with van der Waals surface area (Å²) in [6, 6.07) is 27.9. The molecule has 29 heavy (non-hydrogen) atoms. The van der Waals surface area contributed by atoms with Gasteiger partial charge in [0.05, 0.1) is 0 Å². The van der Waals surface area contributed by atoms with E-state index in [9.17, 15) is 4.79 Å². The van der Waals surface area contributed by atoms with Crippen molar-refractivity contribution in [1.82, 2.24) is 4.98 Å². The van der Waals surface area contributed by atoms with Crippen LogP contribution in [0.5, 0.6) is 11.5 Å². The summed E-state index contributed by atoms with van der Waals surface area (Å²) >= 11 is 0. The van der Waals surface area contributed by atoms with E-state index in [2.05, 4.69) is 15.6 Å². The fourth-order valence-electron chi connectivity index (χ4n) is 2.81. The lowest BCUT2D eigenvalue weighted by atomic mass is 10.1. The molecule has 0 aliphatic rings. The molecule has 0 unspecified atom stereocenters. The van der Waals surface area contributed by atoms with Crippen LogP contribution in [0.3, 0.4) is 0 Å². The average Bonchev–Trinajstić information content (AvgIpc) is 2.76. The first-order valence-corrected chi connectivity index (χ1v) is 9.18. The molecule has 0 fully saturated rings. The highest BCUT2D eigenvalue weighted by Gasteiger charge is 2.08. The van der Waals surface area contributed by atoms with E-state index in [1.165, 1.54) is 0 Å². The molecule has 4 rings (SSSR count). The van der Waals surface area contributed by atoms with Crippen molar-refractivity contribution >= 4 is 23.0 Å². The lowest BCUT2D eigenvalue weighted by Gasteiger charge is -2.10. The molecule has 0 saturated heterocycles. The zero-order valence-electron chi connectivity index (χ0n) is 15.6. The first-order chi connectivity index (χ1) is 14.3. The molecule has 0 atom stereocenters. The van der Waals surface area contributed by atoms with Gasteiger partial charge in [-0.05, 0) is 54.6 Å². The van der Waals surface area contributed by atoms with Crippen molar-refractivity contribution in [3.63, 3.8) is 0 Å². The maximum atomic E-state index is 12.7. The quantitative estimate of drug-likeness (QED) is 0.438. The van der Waals surface area contributed by atoms with Crippen molar-refractivity contribution < 1.29 is 9.53 Å². The Morgan fingerprint density at radius 1 is 0.690 bits per heavy atom. The fourth-order valence-corrected chi connectivity index (χ4v) is 2.81. The third-order valence-electron chi connectivity index (χ3n) is 4.16. The van der Waals surface area contributed by atoms with Crippen LogP contribution >= 0.6 is 0 Å². The van der Waals surface area contributed by atoms with Crippen molar-refractivity contribution in [2.24, 2.45) is 0 Å². The second-order valence-corrected chi connectivity index (χ2v) is 6.34. The van der Waals surface area contributed by atoms with E-state index in [1.807, 2.05) is 72.8 Å². The number of rotatable bonds is 6. The van der Waals surface area contributed by atoms with Gasteiger partial charge in [0.1, 0.15) is 11.5 Å². The number of carbonyl (C=O) groups is 1. The molecule has 142 valence electrons. The number of aromatic nitrogens is 1. The highest BCUT2D eigenvalue weighted by molar-refractivity contribution is 6.05. The van der Waals surface area contributed by atoms with Crippen molar-refractivity contribution in [1.29, 1.82) is 0 Å². The van der Waals surface area contributed by atoms with E-state index in [-0.39, 0.29) is 5.91 Å². The second-order valence-electron chi connectivity index (χ2n) is 6.34. The number of amides is 1. The molecule has 0 radical (unpaired) electrons. The minimum atomic E-state index is -0.194. The molecular weight excluding hydrogens is 362 g/mol. The normalized spacial score (nSPS) is 10.2. The number of pyridine rings is 1. The Labute approximate surface area is 169 Å². The predicted octanol–water partition coefficient (Wildman–Crippen LogP) is 5.87. The molecule has 1 heterocycles. The van der Waals surface area contributed by atoms with Crippen LogP contribution in [0, 0.1) is 0 Å². The lowest BCUT2D eigenvalue weighted by Crippen LogP contribution is -2.12. The molecule has 1 aromatic heterocycles. The van der Waals surface area contributed by atoms with E-state index < -0.39 is 0 Å². The van der Waals surface area contributed by atoms with Crippen molar-refractivity contribution in [3.05, 3.63) is 109 Å². The summed E-state index contributed by atoms with van der Waals surface area (Å²) in [6.45, 7) is 0. The van der Waals surface area contributed by atoms with E-state index in [1.54, 1.807) is 30.6 Å². The lowest BCUT2D eigenvalue weighted by molar-refractivity contribution is 0.102. The second kappa shape index (κ2) is 8.71. The Bertz CT molecular complexity index is 1100. The van der Waals surface area contributed by atoms with Crippen LogP contribution in [0.15, 0.2) is 103 Å². The Kier molecular flexibility index (Phi) is 5.48. The van der Waals surface area contributed by atoms with Gasteiger partial charge < -0.3 is 15.4 Å². The molecule has 4 aromatic rings. The highest BCUT2D eigenvalue weighted by Crippen LogP contribution is 2.24. The topological polar surface area (TPSA) is 63.2 Å². The van der Waals surface area contributed by atoms with Gasteiger partial charge in [-0.3, -0.25) is 9.78 Å². The van der Waals surface area contributed by atoms with Gasteiger partial charge in [-0.1, -0.05) is 30.3 Å². The third kappa shape index (κ3) is 4.99. The smallest absolute Gasteiger partial charge is 0.255 e. The van der Waals surface area contributed by atoms with Crippen LogP contribution < -0.4 is 15.4 Å². The molecule has 5 heteroatoms. The minimum absolute atomic E-state index is 0.194. The number of carbonyl (C=O) groups excluding carboxylic acids is 1. The van der Waals surface area contributed by atoms with Crippen LogP contribution in [-0.2, 0) is 0 Å². The van der Waals surface area contributed by atoms with Gasteiger partial charge in [0.2, 0.25) is 0 Å². The van der Waals surface area contributed by atoms with Gasteiger partial charge in [-0.15, -0.1) is 0 Å². The summed E-state index contributed by atoms with van der Waals surface area (Å²) in [5, 5.41) is 6.18. The molecule has 3 aromatic carbocycles. The van der Waals surface area contributed by atoms with E-state index >= 15 is 0 Å². The van der Waals surface area contributed by atoms with Crippen LogP contribution in [0.1, 0.15) is 10.4 Å². The maximum absolute atomic E-state index is 12.7. The Hall–Kier alpha value is -4.12. The molecule has 0 aliphatic carbocycles. The number of hydrogen-bond acceptors (Lipinski definition) is 4. The van der Waals surface area contributed by atoms with Gasteiger partial charge in [0.15, 0.2) is 0 Å². The van der Waals surface area contributed by atoms with E-state index in [0.29, 0.717) is 17.0 Å². The predicted molar refractivity (Wildman–Crippen MR) is 115 cm³/mol. The summed E-state index contributed by atoms with van der Waals surface area (Å²) < 4.78 is 5.83. The number of ether oxygens (including phenoxy) is 1. The summed E-state index contributed by atoms with van der Waals surface area (Å²) in [5.74, 6) is 1.20. The fraction of sp³-hybridized carbons (Fsp3) is 0. The van der Waals surface area contributed by atoms with Gasteiger partial charge in [-0.25, -0.2) is 0 Å². The Morgan fingerprint density at radius 3 is 2.24 bits per heavy atom. The van der Waals surface area contributed by atoms with Crippen LogP contribution in [0.4, 0.5) is 17.1 Å². The minimum Gasteiger partial charge on any atom is -0.457 e. The van der Waals surface area contributed by atoms with Gasteiger partial charge in [0.25, 0.3) is 5.91 Å². The van der Waals surface area contributed by atoms with Gasteiger partial charge in [-0.2, -0.15) is 0 Å². The summed E-state index contributed by atoms with van der Waals surface area (Å²) in [7, 11) is 0. The van der Waals surface area contributed by atoms with Gasteiger partial charge >= 0.3 is 0 Å². The molecule has 2 N–H and O–H groups in total. The zero-order chi connectivity index (χ0) is 19.9. The number of hydrogen-bond donors (Lipinski definition) is 2. The van der Waals surface area contributed by atoms with Crippen molar-refractivity contribution in [2.75, 3.05) is 10.6 Å².